The minimum Gasteiger partial charge on any atom is -0.399 e. The van der Waals surface area contributed by atoms with Gasteiger partial charge in [0.05, 0.1) is 0 Å². The van der Waals surface area contributed by atoms with Crippen molar-refractivity contribution in [3.8, 4) is 0 Å². The fourth-order valence-electron chi connectivity index (χ4n) is 1.63. The number of carbonyl (C=O) groups is 1. The van der Waals surface area contributed by atoms with Crippen molar-refractivity contribution in [1.82, 2.24) is 5.32 Å². The smallest absolute Gasteiger partial charge is 0.244 e. The lowest BCUT2D eigenvalue weighted by molar-refractivity contribution is -0.116. The van der Waals surface area contributed by atoms with Gasteiger partial charge in [-0.2, -0.15) is 0 Å². The van der Waals surface area contributed by atoms with E-state index in [-0.39, 0.29) is 11.7 Å². The number of anilines is 1. The lowest BCUT2D eigenvalue weighted by Gasteiger charge is -2.02. The number of nitrogen functional groups attached to an aromatic ring is 1. The molecule has 20 heavy (non-hydrogen) atoms. The van der Waals surface area contributed by atoms with E-state index in [2.05, 4.69) is 5.32 Å². The lowest BCUT2D eigenvalue weighted by Crippen LogP contribution is -2.20. The summed E-state index contributed by atoms with van der Waals surface area (Å²) in [4.78, 5) is 11.6. The molecule has 0 aromatic heterocycles. The number of hydrogen-bond donors (Lipinski definition) is 2. The average molecular weight is 270 g/mol. The molecule has 0 saturated carbocycles. The molecule has 0 atom stereocenters. The third kappa shape index (κ3) is 4.24. The van der Waals surface area contributed by atoms with E-state index in [0.717, 1.165) is 11.1 Å². The van der Waals surface area contributed by atoms with Gasteiger partial charge in [0.2, 0.25) is 5.91 Å². The maximum Gasteiger partial charge on any atom is 0.244 e. The van der Waals surface area contributed by atoms with E-state index in [9.17, 15) is 9.18 Å². The number of rotatable bonds is 4. The second-order valence-electron chi connectivity index (χ2n) is 4.34. The molecule has 0 unspecified atom stereocenters. The van der Waals surface area contributed by atoms with Gasteiger partial charge in [0.1, 0.15) is 5.82 Å². The highest BCUT2D eigenvalue weighted by molar-refractivity contribution is 5.91. The minimum absolute atomic E-state index is 0.203. The first-order chi connectivity index (χ1) is 9.63. The van der Waals surface area contributed by atoms with Crippen LogP contribution in [0.25, 0.3) is 6.08 Å². The first-order valence-electron chi connectivity index (χ1n) is 6.19. The quantitative estimate of drug-likeness (QED) is 0.663. The Morgan fingerprint density at radius 3 is 2.40 bits per heavy atom. The average Bonchev–Trinajstić information content (AvgIpc) is 2.46. The van der Waals surface area contributed by atoms with Crippen molar-refractivity contribution in [2.24, 2.45) is 0 Å². The van der Waals surface area contributed by atoms with Gasteiger partial charge in [-0.1, -0.05) is 24.3 Å². The zero-order chi connectivity index (χ0) is 14.4. The summed E-state index contributed by atoms with van der Waals surface area (Å²) in [5, 5.41) is 2.73. The number of benzene rings is 2. The van der Waals surface area contributed by atoms with Crippen molar-refractivity contribution in [3.63, 3.8) is 0 Å². The first-order valence-corrected chi connectivity index (χ1v) is 6.19. The van der Waals surface area contributed by atoms with Gasteiger partial charge >= 0.3 is 0 Å². The summed E-state index contributed by atoms with van der Waals surface area (Å²) in [5.74, 6) is -0.491. The highest BCUT2D eigenvalue weighted by atomic mass is 19.1. The van der Waals surface area contributed by atoms with E-state index in [0.29, 0.717) is 12.2 Å². The summed E-state index contributed by atoms with van der Waals surface area (Å²) >= 11 is 0. The van der Waals surface area contributed by atoms with Gasteiger partial charge in [0.15, 0.2) is 0 Å². The molecule has 0 aliphatic rings. The predicted octanol–water partition coefficient (Wildman–Crippen LogP) is 2.74. The van der Waals surface area contributed by atoms with Crippen molar-refractivity contribution in [3.05, 3.63) is 71.6 Å². The molecule has 0 fully saturated rings. The third-order valence-electron chi connectivity index (χ3n) is 2.74. The van der Waals surface area contributed by atoms with Crippen molar-refractivity contribution < 1.29 is 9.18 Å². The second-order valence-corrected chi connectivity index (χ2v) is 4.34. The Kier molecular flexibility index (Phi) is 4.50. The van der Waals surface area contributed by atoms with Crippen LogP contribution in [0.4, 0.5) is 10.1 Å². The van der Waals surface area contributed by atoms with Crippen LogP contribution < -0.4 is 11.1 Å². The van der Waals surface area contributed by atoms with Gasteiger partial charge in [0.25, 0.3) is 0 Å². The molecule has 0 bridgehead atoms. The first kappa shape index (κ1) is 13.8. The highest BCUT2D eigenvalue weighted by Crippen LogP contribution is 2.07. The lowest BCUT2D eigenvalue weighted by atomic mass is 10.2. The molecule has 0 saturated heterocycles. The molecule has 3 N–H and O–H groups in total. The fraction of sp³-hybridized carbons (Fsp3) is 0.0625. The Morgan fingerprint density at radius 1 is 1.10 bits per heavy atom. The van der Waals surface area contributed by atoms with Gasteiger partial charge < -0.3 is 11.1 Å². The molecule has 4 heteroatoms. The standard InChI is InChI=1S/C16H15FN2O/c17-14-6-1-13(2-7-14)11-19-16(20)10-5-12-3-8-15(18)9-4-12/h1-10H,11,18H2,(H,19,20)/b10-5+. The molecule has 0 radical (unpaired) electrons. The Balaban J connectivity index is 1.86. The zero-order valence-electron chi connectivity index (χ0n) is 10.8. The van der Waals surface area contributed by atoms with Crippen LogP contribution in [0, 0.1) is 5.82 Å². The van der Waals surface area contributed by atoms with E-state index >= 15 is 0 Å². The second kappa shape index (κ2) is 6.52. The molecule has 0 aliphatic carbocycles. The summed E-state index contributed by atoms with van der Waals surface area (Å²) in [7, 11) is 0. The number of carbonyl (C=O) groups excluding carboxylic acids is 1. The van der Waals surface area contributed by atoms with Crippen molar-refractivity contribution >= 4 is 17.7 Å². The number of amides is 1. The predicted molar refractivity (Wildman–Crippen MR) is 78.1 cm³/mol. The highest BCUT2D eigenvalue weighted by Gasteiger charge is 1.97. The molecular weight excluding hydrogens is 255 g/mol. The maximum atomic E-state index is 12.7. The van der Waals surface area contributed by atoms with Gasteiger partial charge in [-0.3, -0.25) is 4.79 Å². The number of nitrogens with two attached hydrogens (primary N) is 1. The summed E-state index contributed by atoms with van der Waals surface area (Å²) in [6.45, 7) is 0.366. The maximum absolute atomic E-state index is 12.7. The van der Waals surface area contributed by atoms with Crippen molar-refractivity contribution in [2.45, 2.75) is 6.54 Å². The topological polar surface area (TPSA) is 55.1 Å². The number of halogens is 1. The van der Waals surface area contributed by atoms with Gasteiger partial charge in [0, 0.05) is 18.3 Å². The molecule has 0 heterocycles. The molecule has 0 aliphatic heterocycles. The van der Waals surface area contributed by atoms with Crippen LogP contribution in [-0.2, 0) is 11.3 Å². The van der Waals surface area contributed by atoms with Crippen LogP contribution in [0.5, 0.6) is 0 Å². The van der Waals surface area contributed by atoms with Crippen LogP contribution >= 0.6 is 0 Å². The third-order valence-corrected chi connectivity index (χ3v) is 2.74. The summed E-state index contributed by atoms with van der Waals surface area (Å²) in [6.07, 6.45) is 3.16. The fourth-order valence-corrected chi connectivity index (χ4v) is 1.63. The summed E-state index contributed by atoms with van der Waals surface area (Å²) < 4.78 is 12.7. The van der Waals surface area contributed by atoms with E-state index in [1.165, 1.54) is 18.2 Å². The van der Waals surface area contributed by atoms with Gasteiger partial charge in [-0.05, 0) is 41.5 Å². The SMILES string of the molecule is Nc1ccc(/C=C/C(=O)NCc2ccc(F)cc2)cc1. The van der Waals surface area contributed by atoms with E-state index in [1.807, 2.05) is 12.1 Å². The molecule has 2 rings (SSSR count). The molecule has 102 valence electrons. The van der Waals surface area contributed by atoms with Crippen LogP contribution in [0.1, 0.15) is 11.1 Å². The van der Waals surface area contributed by atoms with Crippen molar-refractivity contribution in [2.75, 3.05) is 5.73 Å². The van der Waals surface area contributed by atoms with Crippen LogP contribution in [0.3, 0.4) is 0 Å². The number of hydrogen-bond acceptors (Lipinski definition) is 2. The van der Waals surface area contributed by atoms with Crippen molar-refractivity contribution in [1.29, 1.82) is 0 Å². The van der Waals surface area contributed by atoms with Crippen LogP contribution in [0.2, 0.25) is 0 Å². The van der Waals surface area contributed by atoms with Gasteiger partial charge in [-0.15, -0.1) is 0 Å². The van der Waals surface area contributed by atoms with Gasteiger partial charge in [-0.25, -0.2) is 4.39 Å². The molecule has 3 nitrogen and oxygen atoms in total. The Bertz CT molecular complexity index is 603. The van der Waals surface area contributed by atoms with E-state index in [1.54, 1.807) is 30.3 Å². The normalized spacial score (nSPS) is 10.7. The minimum atomic E-state index is -0.289. The summed E-state index contributed by atoms with van der Waals surface area (Å²) in [5.41, 5.74) is 8.01. The van der Waals surface area contributed by atoms with E-state index < -0.39 is 0 Å². The Labute approximate surface area is 116 Å². The number of nitrogens with one attached hydrogen (secondary N) is 1. The molecule has 2 aromatic carbocycles. The largest absolute Gasteiger partial charge is 0.399 e. The van der Waals surface area contributed by atoms with Crippen LogP contribution in [0.15, 0.2) is 54.6 Å². The zero-order valence-corrected chi connectivity index (χ0v) is 10.8. The molecule has 0 spiro atoms. The Morgan fingerprint density at radius 2 is 1.75 bits per heavy atom. The van der Waals surface area contributed by atoms with Crippen LogP contribution in [-0.4, -0.2) is 5.91 Å². The molecule has 1 amide bonds. The molecule has 2 aromatic rings. The Hall–Kier alpha value is -2.62. The van der Waals surface area contributed by atoms with E-state index in [4.69, 9.17) is 5.73 Å². The monoisotopic (exact) mass is 270 g/mol. The summed E-state index contributed by atoms with van der Waals surface area (Å²) in [6, 6.07) is 13.2. The molecular formula is C16H15FN2O.